The molecular formula is C26H28N4O5. The van der Waals surface area contributed by atoms with Gasteiger partial charge in [-0.1, -0.05) is 30.3 Å². The summed E-state index contributed by atoms with van der Waals surface area (Å²) in [6, 6.07) is 12.8. The van der Waals surface area contributed by atoms with E-state index in [-0.39, 0.29) is 24.5 Å². The fourth-order valence-electron chi connectivity index (χ4n) is 5.30. The van der Waals surface area contributed by atoms with E-state index in [0.717, 1.165) is 28.9 Å². The van der Waals surface area contributed by atoms with Gasteiger partial charge in [-0.05, 0) is 55.0 Å². The maximum Gasteiger partial charge on any atom is 0.418 e. The molecule has 2 atom stereocenters. The van der Waals surface area contributed by atoms with Crippen LogP contribution in [0.1, 0.15) is 42.0 Å². The lowest BCUT2D eigenvalue weighted by Crippen LogP contribution is -2.46. The minimum Gasteiger partial charge on any atom is -0.427 e. The molecule has 3 aliphatic rings. The molecule has 35 heavy (non-hydrogen) atoms. The molecule has 5 rings (SSSR count). The zero-order valence-electron chi connectivity index (χ0n) is 19.8. The van der Waals surface area contributed by atoms with E-state index in [4.69, 9.17) is 4.74 Å². The first-order chi connectivity index (χ1) is 16.8. The van der Waals surface area contributed by atoms with Crippen molar-refractivity contribution < 1.29 is 23.9 Å². The normalized spacial score (nSPS) is 23.0. The molecule has 1 aliphatic carbocycles. The molecule has 2 N–H and O–H groups in total. The van der Waals surface area contributed by atoms with E-state index in [1.165, 1.54) is 12.6 Å². The Morgan fingerprint density at radius 1 is 1.09 bits per heavy atom. The summed E-state index contributed by atoms with van der Waals surface area (Å²) in [6.45, 7) is 2.09. The van der Waals surface area contributed by atoms with Crippen molar-refractivity contribution in [2.24, 2.45) is 0 Å². The zero-order valence-corrected chi connectivity index (χ0v) is 19.8. The van der Waals surface area contributed by atoms with Crippen LogP contribution in [0.2, 0.25) is 0 Å². The van der Waals surface area contributed by atoms with Crippen LogP contribution in [0.5, 0.6) is 0 Å². The Morgan fingerprint density at radius 2 is 1.86 bits per heavy atom. The van der Waals surface area contributed by atoms with Crippen LogP contribution in [0, 0.1) is 0 Å². The molecule has 0 radical (unpaired) electrons. The SMILES string of the molecule is CNC(=O)Nc1ccc2c(c1)CCC21OC(=O)N(CC(=O)N2Cc3ccccc3CCC2C)C1=O. The van der Waals surface area contributed by atoms with E-state index in [0.29, 0.717) is 30.6 Å². The maximum atomic E-state index is 13.5. The van der Waals surface area contributed by atoms with Crippen molar-refractivity contribution in [1.82, 2.24) is 15.1 Å². The molecule has 0 aromatic heterocycles. The molecule has 182 valence electrons. The van der Waals surface area contributed by atoms with Gasteiger partial charge in [0.1, 0.15) is 6.54 Å². The summed E-state index contributed by atoms with van der Waals surface area (Å²) in [5.74, 6) is -0.788. The second-order valence-electron chi connectivity index (χ2n) is 9.34. The number of carbonyl (C=O) groups is 4. The van der Waals surface area contributed by atoms with Crippen LogP contribution in [-0.4, -0.2) is 53.4 Å². The highest BCUT2D eigenvalue weighted by atomic mass is 16.6. The minimum absolute atomic E-state index is 0.0176. The van der Waals surface area contributed by atoms with Gasteiger partial charge in [0.15, 0.2) is 0 Å². The van der Waals surface area contributed by atoms with Crippen LogP contribution >= 0.6 is 0 Å². The molecule has 1 saturated heterocycles. The fraction of sp³-hybridized carbons (Fsp3) is 0.385. The first kappa shape index (κ1) is 22.9. The van der Waals surface area contributed by atoms with E-state index in [2.05, 4.69) is 16.7 Å². The van der Waals surface area contributed by atoms with Gasteiger partial charge < -0.3 is 20.3 Å². The summed E-state index contributed by atoms with van der Waals surface area (Å²) in [4.78, 5) is 54.0. The number of fused-ring (bicyclic) bond motifs is 3. The molecule has 5 amide bonds. The Labute approximate surface area is 203 Å². The highest BCUT2D eigenvalue weighted by Crippen LogP contribution is 2.46. The van der Waals surface area contributed by atoms with Gasteiger partial charge in [0.05, 0.1) is 0 Å². The topological polar surface area (TPSA) is 108 Å². The van der Waals surface area contributed by atoms with Crippen molar-refractivity contribution in [2.45, 2.75) is 50.8 Å². The predicted octanol–water partition coefficient (Wildman–Crippen LogP) is 2.92. The zero-order chi connectivity index (χ0) is 24.7. The Morgan fingerprint density at radius 3 is 2.63 bits per heavy atom. The lowest BCUT2D eigenvalue weighted by atomic mass is 9.94. The van der Waals surface area contributed by atoms with Crippen LogP contribution in [0.3, 0.4) is 0 Å². The van der Waals surface area contributed by atoms with E-state index in [1.54, 1.807) is 23.1 Å². The van der Waals surface area contributed by atoms with Crippen molar-refractivity contribution in [2.75, 3.05) is 18.9 Å². The second-order valence-corrected chi connectivity index (χ2v) is 9.34. The van der Waals surface area contributed by atoms with Crippen LogP contribution in [-0.2, 0) is 39.3 Å². The number of carbonyl (C=O) groups excluding carboxylic acids is 4. The number of benzene rings is 2. The first-order valence-corrected chi connectivity index (χ1v) is 11.9. The number of hydrogen-bond donors (Lipinski definition) is 2. The van der Waals surface area contributed by atoms with Gasteiger partial charge in [-0.2, -0.15) is 0 Å². The average molecular weight is 477 g/mol. The average Bonchev–Trinajstić information content (AvgIpc) is 3.25. The molecular weight excluding hydrogens is 448 g/mol. The Hall–Kier alpha value is -3.88. The van der Waals surface area contributed by atoms with Gasteiger partial charge in [-0.15, -0.1) is 0 Å². The molecule has 1 spiro atoms. The van der Waals surface area contributed by atoms with Crippen LogP contribution < -0.4 is 10.6 Å². The Kier molecular flexibility index (Phi) is 5.70. The second kappa shape index (κ2) is 8.72. The van der Waals surface area contributed by atoms with Gasteiger partial charge in [0.25, 0.3) is 5.91 Å². The third-order valence-electron chi connectivity index (χ3n) is 7.28. The first-order valence-electron chi connectivity index (χ1n) is 11.9. The summed E-state index contributed by atoms with van der Waals surface area (Å²) in [5, 5.41) is 5.19. The van der Waals surface area contributed by atoms with Gasteiger partial charge >= 0.3 is 12.1 Å². The number of hydrogen-bond acceptors (Lipinski definition) is 5. The highest BCUT2D eigenvalue weighted by Gasteiger charge is 2.58. The van der Waals surface area contributed by atoms with Crippen molar-refractivity contribution in [1.29, 1.82) is 0 Å². The highest BCUT2D eigenvalue weighted by molar-refractivity contribution is 6.06. The van der Waals surface area contributed by atoms with E-state index in [1.807, 2.05) is 25.1 Å². The smallest absolute Gasteiger partial charge is 0.418 e. The predicted molar refractivity (Wildman–Crippen MR) is 127 cm³/mol. The van der Waals surface area contributed by atoms with E-state index < -0.39 is 17.6 Å². The number of aryl methyl sites for hydroxylation is 2. The van der Waals surface area contributed by atoms with Crippen LogP contribution in [0.15, 0.2) is 42.5 Å². The maximum absolute atomic E-state index is 13.5. The van der Waals surface area contributed by atoms with Crippen molar-refractivity contribution in [3.8, 4) is 0 Å². The molecule has 9 heteroatoms. The van der Waals surface area contributed by atoms with Gasteiger partial charge in [-0.3, -0.25) is 9.59 Å². The summed E-state index contributed by atoms with van der Waals surface area (Å²) in [7, 11) is 1.52. The third kappa shape index (κ3) is 3.90. The fourth-order valence-corrected chi connectivity index (χ4v) is 5.30. The Bertz CT molecular complexity index is 1230. The van der Waals surface area contributed by atoms with Gasteiger partial charge in [0.2, 0.25) is 11.5 Å². The summed E-state index contributed by atoms with van der Waals surface area (Å²) in [6.07, 6.45) is 1.70. The molecule has 0 saturated carbocycles. The van der Waals surface area contributed by atoms with Crippen molar-refractivity contribution in [3.05, 3.63) is 64.7 Å². The molecule has 2 aromatic carbocycles. The lowest BCUT2D eigenvalue weighted by molar-refractivity contribution is -0.143. The molecule has 0 bridgehead atoms. The summed E-state index contributed by atoms with van der Waals surface area (Å²) in [5.41, 5.74) is 2.89. The number of imide groups is 1. The number of urea groups is 1. The number of amides is 5. The van der Waals surface area contributed by atoms with Crippen molar-refractivity contribution in [3.63, 3.8) is 0 Å². The lowest BCUT2D eigenvalue weighted by Gasteiger charge is -2.28. The minimum atomic E-state index is -1.42. The summed E-state index contributed by atoms with van der Waals surface area (Å²) >= 11 is 0. The molecule has 2 heterocycles. The largest absolute Gasteiger partial charge is 0.427 e. The number of nitrogens with one attached hydrogen (secondary N) is 2. The number of rotatable bonds is 3. The van der Waals surface area contributed by atoms with Gasteiger partial charge in [-0.25, -0.2) is 14.5 Å². The molecule has 2 aliphatic heterocycles. The molecule has 9 nitrogen and oxygen atoms in total. The van der Waals surface area contributed by atoms with E-state index >= 15 is 0 Å². The molecule has 1 fully saturated rings. The van der Waals surface area contributed by atoms with Crippen molar-refractivity contribution >= 4 is 29.6 Å². The third-order valence-corrected chi connectivity index (χ3v) is 7.28. The van der Waals surface area contributed by atoms with Crippen LogP contribution in [0.25, 0.3) is 0 Å². The summed E-state index contributed by atoms with van der Waals surface area (Å²) < 4.78 is 5.67. The van der Waals surface area contributed by atoms with Crippen LogP contribution in [0.4, 0.5) is 15.3 Å². The molecule has 2 unspecified atom stereocenters. The number of ether oxygens (including phenoxy) is 1. The molecule has 2 aromatic rings. The van der Waals surface area contributed by atoms with Gasteiger partial charge in [0, 0.05) is 37.3 Å². The monoisotopic (exact) mass is 476 g/mol. The number of nitrogens with zero attached hydrogens (tertiary/aromatic N) is 2. The Balaban J connectivity index is 1.35. The quantitative estimate of drug-likeness (QED) is 0.708. The standard InChI is InChI=1S/C26H28N4O5/c1-16-7-8-17-5-3-4-6-19(17)14-29(16)22(31)15-30-23(32)26(35-25(30)34)12-11-18-13-20(9-10-21(18)26)28-24(33)27-2/h3-6,9-10,13,16H,7-8,11-12,14-15H2,1-2H3,(H2,27,28,33). The number of anilines is 1. The van der Waals surface area contributed by atoms with E-state index in [9.17, 15) is 19.2 Å².